The van der Waals surface area contributed by atoms with Crippen LogP contribution in [0.5, 0.6) is 0 Å². The van der Waals surface area contributed by atoms with Crippen molar-refractivity contribution in [2.24, 2.45) is 5.10 Å². The van der Waals surface area contributed by atoms with Crippen LogP contribution < -0.4 is 11.2 Å². The summed E-state index contributed by atoms with van der Waals surface area (Å²) in [4.78, 5) is 14.2. The lowest BCUT2D eigenvalue weighted by molar-refractivity contribution is 0.0948. The van der Waals surface area contributed by atoms with Crippen molar-refractivity contribution < 1.29 is 18.2 Å². The van der Waals surface area contributed by atoms with E-state index in [1.807, 2.05) is 0 Å². The molecule has 0 saturated heterocycles. The van der Waals surface area contributed by atoms with Crippen molar-refractivity contribution in [2.75, 3.05) is 19.8 Å². The Morgan fingerprint density at radius 2 is 2.18 bits per heavy atom. The maximum absolute atomic E-state index is 13.6. The zero-order valence-electron chi connectivity index (χ0n) is 14.8. The first-order valence-corrected chi connectivity index (χ1v) is 7.83. The third-order valence-electron chi connectivity index (χ3n) is 3.47. The maximum Gasteiger partial charge on any atom is 0.293 e. The number of aromatic nitrogens is 5. The van der Waals surface area contributed by atoms with Crippen molar-refractivity contribution in [3.05, 3.63) is 46.8 Å². The number of amides is 1. The minimum absolute atomic E-state index is 0.0311. The van der Waals surface area contributed by atoms with Crippen molar-refractivity contribution in [1.82, 2.24) is 35.6 Å². The number of anilines is 1. The summed E-state index contributed by atoms with van der Waals surface area (Å²) in [5.41, 5.74) is 8.02. The van der Waals surface area contributed by atoms with Crippen LogP contribution in [-0.2, 0) is 6.54 Å². The molecule has 28 heavy (non-hydrogen) atoms. The number of hydrazone groups is 1. The minimum Gasteiger partial charge on any atom is -0.378 e. The Labute approximate surface area is 156 Å². The zero-order valence-corrected chi connectivity index (χ0v) is 14.8. The lowest BCUT2D eigenvalue weighted by Crippen LogP contribution is -2.23. The first kappa shape index (κ1) is 19.0. The van der Waals surface area contributed by atoms with Gasteiger partial charge >= 0.3 is 0 Å². The first-order chi connectivity index (χ1) is 13.4. The smallest absolute Gasteiger partial charge is 0.293 e. The summed E-state index contributed by atoms with van der Waals surface area (Å²) < 4.78 is 32.5. The minimum atomic E-state index is -0.716. The van der Waals surface area contributed by atoms with Crippen molar-refractivity contribution in [3.63, 3.8) is 0 Å². The first-order valence-electron chi connectivity index (χ1n) is 7.83. The molecule has 0 aliphatic rings. The Balaban J connectivity index is 1.85. The van der Waals surface area contributed by atoms with Crippen molar-refractivity contribution in [1.29, 1.82) is 0 Å². The fraction of sp³-hybridized carbons (Fsp3) is 0.200. The molecule has 0 saturated carbocycles. The molecular formula is C15H15F2N9O2. The van der Waals surface area contributed by atoms with Gasteiger partial charge in [-0.15, -0.1) is 5.10 Å². The zero-order chi connectivity index (χ0) is 20.3. The van der Waals surface area contributed by atoms with Gasteiger partial charge in [-0.1, -0.05) is 5.21 Å². The van der Waals surface area contributed by atoms with E-state index in [4.69, 9.17) is 5.73 Å². The molecule has 2 aromatic heterocycles. The molecule has 0 aliphatic carbocycles. The van der Waals surface area contributed by atoms with Gasteiger partial charge in [0.1, 0.15) is 11.6 Å². The third kappa shape index (κ3) is 3.98. The van der Waals surface area contributed by atoms with E-state index in [1.165, 1.54) is 4.68 Å². The second-order valence-corrected chi connectivity index (χ2v) is 5.87. The highest BCUT2D eigenvalue weighted by Crippen LogP contribution is 2.16. The standard InChI is InChI=1S/C15H15F2N9O2/c1-25(2)7-11-12(20-24-26(11)14-13(18)22-28-23-14)15(27)21-19-6-8-5-9(16)3-4-10(8)17/h3-6H,7H2,1-2H3,(H2,18,22)(H,21,27). The molecule has 0 bridgehead atoms. The Morgan fingerprint density at radius 3 is 2.86 bits per heavy atom. The summed E-state index contributed by atoms with van der Waals surface area (Å²) in [7, 11) is 3.54. The number of nitrogens with one attached hydrogen (secondary N) is 1. The number of carbonyl (C=O) groups is 1. The number of nitrogens with zero attached hydrogens (tertiary/aromatic N) is 7. The SMILES string of the molecule is CN(C)Cc1c(C(=O)NN=Cc2cc(F)ccc2F)nnn1-c1nonc1N. The quantitative estimate of drug-likeness (QED) is 0.453. The van der Waals surface area contributed by atoms with Gasteiger partial charge in [0.05, 0.1) is 11.9 Å². The summed E-state index contributed by atoms with van der Waals surface area (Å²) in [6.45, 7) is 0.254. The average Bonchev–Trinajstić information content (AvgIpc) is 3.23. The second-order valence-electron chi connectivity index (χ2n) is 5.87. The molecule has 0 fully saturated rings. The van der Waals surface area contributed by atoms with Crippen LogP contribution in [0, 0.1) is 11.6 Å². The number of carbonyl (C=O) groups excluding carboxylic acids is 1. The van der Waals surface area contributed by atoms with Gasteiger partial charge in [0.25, 0.3) is 5.91 Å². The molecule has 146 valence electrons. The molecular weight excluding hydrogens is 376 g/mol. The molecule has 0 aliphatic heterocycles. The summed E-state index contributed by atoms with van der Waals surface area (Å²) in [5, 5.41) is 18.4. The molecule has 0 spiro atoms. The number of rotatable bonds is 6. The molecule has 3 N–H and O–H groups in total. The van der Waals surface area contributed by atoms with Gasteiger partial charge in [-0.25, -0.2) is 18.8 Å². The van der Waals surface area contributed by atoms with Crippen LogP contribution in [0.15, 0.2) is 27.9 Å². The third-order valence-corrected chi connectivity index (χ3v) is 3.47. The van der Waals surface area contributed by atoms with Gasteiger partial charge < -0.3 is 10.6 Å². The van der Waals surface area contributed by atoms with Crippen LogP contribution in [0.1, 0.15) is 21.7 Å². The lowest BCUT2D eigenvalue weighted by Gasteiger charge is -2.11. The van der Waals surface area contributed by atoms with Gasteiger partial charge in [0.2, 0.25) is 11.6 Å². The van der Waals surface area contributed by atoms with Crippen molar-refractivity contribution in [2.45, 2.75) is 6.54 Å². The summed E-state index contributed by atoms with van der Waals surface area (Å²) in [6.07, 6.45) is 0.978. The average molecular weight is 391 g/mol. The molecule has 0 radical (unpaired) electrons. The highest BCUT2D eigenvalue weighted by atomic mass is 19.1. The number of halogens is 2. The van der Waals surface area contributed by atoms with Crippen LogP contribution >= 0.6 is 0 Å². The molecule has 0 unspecified atom stereocenters. The molecule has 2 heterocycles. The van der Waals surface area contributed by atoms with Gasteiger partial charge in [0.15, 0.2) is 5.69 Å². The number of hydrogen-bond donors (Lipinski definition) is 2. The van der Waals surface area contributed by atoms with Gasteiger partial charge in [-0.2, -0.15) is 9.78 Å². The molecule has 11 nitrogen and oxygen atoms in total. The number of nitrogens with two attached hydrogens (primary N) is 1. The molecule has 13 heteroatoms. The normalized spacial score (nSPS) is 11.5. The largest absolute Gasteiger partial charge is 0.378 e. The van der Waals surface area contributed by atoms with E-state index >= 15 is 0 Å². The van der Waals surface area contributed by atoms with E-state index in [0.717, 1.165) is 24.4 Å². The predicted molar refractivity (Wildman–Crippen MR) is 92.4 cm³/mol. The van der Waals surface area contributed by atoms with Crippen LogP contribution in [0.4, 0.5) is 14.6 Å². The molecule has 3 aromatic rings. The Kier molecular flexibility index (Phi) is 5.35. The van der Waals surface area contributed by atoms with Crippen LogP contribution in [0.2, 0.25) is 0 Å². The van der Waals surface area contributed by atoms with Gasteiger partial charge in [0, 0.05) is 12.1 Å². The predicted octanol–water partition coefficient (Wildman–Crippen LogP) is 0.336. The van der Waals surface area contributed by atoms with E-state index in [1.54, 1.807) is 19.0 Å². The van der Waals surface area contributed by atoms with Gasteiger partial charge in [-0.3, -0.25) is 4.79 Å². The summed E-state index contributed by atoms with van der Waals surface area (Å²) >= 11 is 0. The number of hydrogen-bond acceptors (Lipinski definition) is 9. The van der Waals surface area contributed by atoms with E-state index in [2.05, 4.69) is 35.8 Å². The number of benzene rings is 1. The van der Waals surface area contributed by atoms with Gasteiger partial charge in [-0.05, 0) is 42.6 Å². The highest BCUT2D eigenvalue weighted by molar-refractivity contribution is 5.94. The molecule has 3 rings (SSSR count). The Morgan fingerprint density at radius 1 is 1.39 bits per heavy atom. The van der Waals surface area contributed by atoms with Crippen molar-refractivity contribution >= 4 is 17.9 Å². The molecule has 1 aromatic carbocycles. The van der Waals surface area contributed by atoms with E-state index < -0.39 is 17.5 Å². The van der Waals surface area contributed by atoms with E-state index in [-0.39, 0.29) is 29.4 Å². The van der Waals surface area contributed by atoms with Crippen LogP contribution in [0.25, 0.3) is 5.82 Å². The summed E-state index contributed by atoms with van der Waals surface area (Å²) in [6, 6.07) is 2.87. The monoisotopic (exact) mass is 391 g/mol. The summed E-state index contributed by atoms with van der Waals surface area (Å²) in [5.74, 6) is -1.99. The second kappa shape index (κ2) is 7.87. The molecule has 0 atom stereocenters. The van der Waals surface area contributed by atoms with Crippen molar-refractivity contribution in [3.8, 4) is 5.82 Å². The molecule has 1 amide bonds. The lowest BCUT2D eigenvalue weighted by atomic mass is 10.2. The van der Waals surface area contributed by atoms with E-state index in [0.29, 0.717) is 5.69 Å². The maximum atomic E-state index is 13.6. The van der Waals surface area contributed by atoms with Crippen LogP contribution in [0.3, 0.4) is 0 Å². The van der Waals surface area contributed by atoms with Crippen LogP contribution in [-0.4, -0.2) is 56.4 Å². The Hall–Kier alpha value is -3.74. The topological polar surface area (TPSA) is 140 Å². The fourth-order valence-corrected chi connectivity index (χ4v) is 2.25. The number of nitrogen functional groups attached to an aromatic ring is 1. The fourth-order valence-electron chi connectivity index (χ4n) is 2.25. The highest BCUT2D eigenvalue weighted by Gasteiger charge is 2.24. The Bertz CT molecular complexity index is 1030. The van der Waals surface area contributed by atoms with E-state index in [9.17, 15) is 13.6 Å².